The summed E-state index contributed by atoms with van der Waals surface area (Å²) in [5.41, 5.74) is 1.41. The Labute approximate surface area is 101 Å². The summed E-state index contributed by atoms with van der Waals surface area (Å²) in [5.74, 6) is 0.245. The van der Waals surface area contributed by atoms with E-state index in [0.29, 0.717) is 17.6 Å². The van der Waals surface area contributed by atoms with Gasteiger partial charge in [-0.15, -0.1) is 0 Å². The van der Waals surface area contributed by atoms with Crippen LogP contribution in [-0.2, 0) is 0 Å². The van der Waals surface area contributed by atoms with E-state index < -0.39 is 5.97 Å². The van der Waals surface area contributed by atoms with Gasteiger partial charge in [0.1, 0.15) is 5.75 Å². The SMILES string of the molecule is CCC(C)c1ccc(C(=O)O)cc1OC1CC1. The van der Waals surface area contributed by atoms with Crippen LogP contribution in [0.5, 0.6) is 5.75 Å². The Balaban J connectivity index is 2.32. The van der Waals surface area contributed by atoms with Crippen LogP contribution in [0.4, 0.5) is 0 Å². The molecule has 0 aliphatic heterocycles. The monoisotopic (exact) mass is 234 g/mol. The van der Waals surface area contributed by atoms with Gasteiger partial charge >= 0.3 is 5.97 Å². The van der Waals surface area contributed by atoms with Crippen molar-refractivity contribution in [3.8, 4) is 5.75 Å². The minimum Gasteiger partial charge on any atom is -0.490 e. The molecule has 1 atom stereocenters. The molecule has 0 radical (unpaired) electrons. The highest BCUT2D eigenvalue weighted by Gasteiger charge is 2.25. The lowest BCUT2D eigenvalue weighted by Gasteiger charge is -2.16. The zero-order valence-electron chi connectivity index (χ0n) is 10.3. The molecule has 0 saturated heterocycles. The molecule has 1 fully saturated rings. The van der Waals surface area contributed by atoms with Gasteiger partial charge in [0.2, 0.25) is 0 Å². The van der Waals surface area contributed by atoms with Crippen molar-refractivity contribution in [2.75, 3.05) is 0 Å². The van der Waals surface area contributed by atoms with Crippen molar-refractivity contribution >= 4 is 5.97 Å². The summed E-state index contributed by atoms with van der Waals surface area (Å²) >= 11 is 0. The van der Waals surface area contributed by atoms with Crippen molar-refractivity contribution in [3.05, 3.63) is 29.3 Å². The second-order valence-electron chi connectivity index (χ2n) is 4.68. The molecule has 1 aromatic carbocycles. The molecular formula is C14H18O3. The van der Waals surface area contributed by atoms with E-state index in [2.05, 4.69) is 13.8 Å². The van der Waals surface area contributed by atoms with Crippen LogP contribution < -0.4 is 4.74 Å². The van der Waals surface area contributed by atoms with Crippen LogP contribution in [-0.4, -0.2) is 17.2 Å². The molecule has 17 heavy (non-hydrogen) atoms. The van der Waals surface area contributed by atoms with E-state index in [1.807, 2.05) is 6.07 Å². The molecule has 0 bridgehead atoms. The highest BCUT2D eigenvalue weighted by molar-refractivity contribution is 5.88. The van der Waals surface area contributed by atoms with Crippen molar-refractivity contribution < 1.29 is 14.6 Å². The lowest BCUT2D eigenvalue weighted by molar-refractivity contribution is 0.0696. The lowest BCUT2D eigenvalue weighted by atomic mass is 9.96. The van der Waals surface area contributed by atoms with Gasteiger partial charge in [0, 0.05) is 0 Å². The average Bonchev–Trinajstić information content (AvgIpc) is 3.11. The van der Waals surface area contributed by atoms with Crippen LogP contribution in [0.15, 0.2) is 18.2 Å². The molecule has 1 aromatic rings. The van der Waals surface area contributed by atoms with Gasteiger partial charge in [-0.3, -0.25) is 0 Å². The average molecular weight is 234 g/mol. The highest BCUT2D eigenvalue weighted by atomic mass is 16.5. The van der Waals surface area contributed by atoms with Crippen molar-refractivity contribution in [1.82, 2.24) is 0 Å². The van der Waals surface area contributed by atoms with E-state index in [9.17, 15) is 4.79 Å². The summed E-state index contributed by atoms with van der Waals surface area (Å²) in [4.78, 5) is 10.9. The Bertz CT molecular complexity index is 421. The maximum atomic E-state index is 10.9. The summed E-state index contributed by atoms with van der Waals surface area (Å²) in [6.45, 7) is 4.26. The van der Waals surface area contributed by atoms with Crippen LogP contribution in [0.1, 0.15) is 54.9 Å². The number of hydrogen-bond acceptors (Lipinski definition) is 2. The third-order valence-corrected chi connectivity index (χ3v) is 3.22. The van der Waals surface area contributed by atoms with Gasteiger partial charge in [-0.2, -0.15) is 0 Å². The molecule has 0 spiro atoms. The van der Waals surface area contributed by atoms with Crippen LogP contribution in [0.25, 0.3) is 0 Å². The van der Waals surface area contributed by atoms with E-state index in [1.54, 1.807) is 12.1 Å². The Kier molecular flexibility index (Phi) is 3.36. The fourth-order valence-corrected chi connectivity index (χ4v) is 1.76. The molecule has 92 valence electrons. The Hall–Kier alpha value is -1.51. The van der Waals surface area contributed by atoms with E-state index in [1.165, 1.54) is 0 Å². The molecule has 0 aromatic heterocycles. The Morgan fingerprint density at radius 2 is 2.24 bits per heavy atom. The van der Waals surface area contributed by atoms with Crippen molar-refractivity contribution in [3.63, 3.8) is 0 Å². The molecule has 1 aliphatic rings. The van der Waals surface area contributed by atoms with Gasteiger partial charge < -0.3 is 9.84 Å². The first-order valence-electron chi connectivity index (χ1n) is 6.15. The van der Waals surface area contributed by atoms with Crippen LogP contribution in [0.3, 0.4) is 0 Å². The van der Waals surface area contributed by atoms with Gasteiger partial charge in [-0.05, 0) is 42.9 Å². The number of aromatic carboxylic acids is 1. The maximum absolute atomic E-state index is 10.9. The first-order chi connectivity index (χ1) is 8.11. The molecular weight excluding hydrogens is 216 g/mol. The first kappa shape index (κ1) is 12.0. The van der Waals surface area contributed by atoms with Crippen LogP contribution >= 0.6 is 0 Å². The zero-order valence-corrected chi connectivity index (χ0v) is 10.3. The Morgan fingerprint density at radius 1 is 1.53 bits per heavy atom. The second kappa shape index (κ2) is 4.78. The Morgan fingerprint density at radius 3 is 2.76 bits per heavy atom. The largest absolute Gasteiger partial charge is 0.490 e. The minimum atomic E-state index is -0.902. The van der Waals surface area contributed by atoms with Gasteiger partial charge in [0.05, 0.1) is 11.7 Å². The van der Waals surface area contributed by atoms with Crippen molar-refractivity contribution in [1.29, 1.82) is 0 Å². The van der Waals surface area contributed by atoms with Crippen molar-refractivity contribution in [2.24, 2.45) is 0 Å². The number of ether oxygens (including phenoxy) is 1. The summed E-state index contributed by atoms with van der Waals surface area (Å²) < 4.78 is 5.81. The topological polar surface area (TPSA) is 46.5 Å². The number of benzene rings is 1. The quantitative estimate of drug-likeness (QED) is 0.848. The van der Waals surface area contributed by atoms with E-state index in [-0.39, 0.29) is 0 Å². The lowest BCUT2D eigenvalue weighted by Crippen LogP contribution is -2.05. The fraction of sp³-hybridized carbons (Fsp3) is 0.500. The van der Waals surface area contributed by atoms with Gasteiger partial charge in [-0.1, -0.05) is 19.9 Å². The second-order valence-corrected chi connectivity index (χ2v) is 4.68. The minimum absolute atomic E-state index is 0.293. The molecule has 3 nitrogen and oxygen atoms in total. The summed E-state index contributed by atoms with van der Waals surface area (Å²) in [6.07, 6.45) is 3.48. The van der Waals surface area contributed by atoms with E-state index >= 15 is 0 Å². The first-order valence-corrected chi connectivity index (χ1v) is 6.15. The van der Waals surface area contributed by atoms with Crippen LogP contribution in [0.2, 0.25) is 0 Å². The predicted molar refractivity (Wildman–Crippen MR) is 65.8 cm³/mol. The predicted octanol–water partition coefficient (Wildman–Crippen LogP) is 3.44. The normalized spacial score (nSPS) is 16.6. The molecule has 1 unspecified atom stereocenters. The molecule has 1 N–H and O–H groups in total. The zero-order chi connectivity index (χ0) is 12.4. The van der Waals surface area contributed by atoms with E-state index in [0.717, 1.165) is 30.6 Å². The van der Waals surface area contributed by atoms with Crippen LogP contribution in [0, 0.1) is 0 Å². The van der Waals surface area contributed by atoms with E-state index in [4.69, 9.17) is 9.84 Å². The highest BCUT2D eigenvalue weighted by Crippen LogP contribution is 2.34. The summed E-state index contributed by atoms with van der Waals surface area (Å²) in [5, 5.41) is 8.99. The molecule has 2 rings (SSSR count). The molecule has 1 saturated carbocycles. The number of carboxylic acid groups (broad SMARTS) is 1. The molecule has 1 aliphatic carbocycles. The molecule has 3 heteroatoms. The molecule has 0 heterocycles. The van der Waals surface area contributed by atoms with Crippen molar-refractivity contribution in [2.45, 2.75) is 45.1 Å². The summed E-state index contributed by atoms with van der Waals surface area (Å²) in [6, 6.07) is 5.20. The van der Waals surface area contributed by atoms with Gasteiger partial charge in [-0.25, -0.2) is 4.79 Å². The fourth-order valence-electron chi connectivity index (χ4n) is 1.76. The third kappa shape index (κ3) is 2.78. The smallest absolute Gasteiger partial charge is 0.335 e. The van der Waals surface area contributed by atoms with Gasteiger partial charge in [0.15, 0.2) is 0 Å². The van der Waals surface area contributed by atoms with Gasteiger partial charge in [0.25, 0.3) is 0 Å². The summed E-state index contributed by atoms with van der Waals surface area (Å²) in [7, 11) is 0. The molecule has 0 amide bonds. The number of rotatable bonds is 5. The standard InChI is InChI=1S/C14H18O3/c1-3-9(2)12-7-4-10(14(15)16)8-13(12)17-11-5-6-11/h4,7-9,11H,3,5-6H2,1-2H3,(H,15,16). The number of carboxylic acids is 1. The number of hydrogen-bond donors (Lipinski definition) is 1. The maximum Gasteiger partial charge on any atom is 0.335 e. The third-order valence-electron chi connectivity index (χ3n) is 3.22. The number of carbonyl (C=O) groups is 1.